The zero-order valence-electron chi connectivity index (χ0n) is 13.9. The zero-order chi connectivity index (χ0) is 17.0. The van der Waals surface area contributed by atoms with Gasteiger partial charge < -0.3 is 9.84 Å². The predicted octanol–water partition coefficient (Wildman–Crippen LogP) is 2.59. The summed E-state index contributed by atoms with van der Waals surface area (Å²) in [6.45, 7) is 4.82. The van der Waals surface area contributed by atoms with Crippen LogP contribution in [0.5, 0.6) is 5.75 Å². The normalized spacial score (nSPS) is 12.6. The molecule has 0 aliphatic rings. The van der Waals surface area contributed by atoms with Crippen LogP contribution in [0.1, 0.15) is 25.5 Å². The fourth-order valence-electron chi connectivity index (χ4n) is 2.73. The minimum absolute atomic E-state index is 0.369. The molecular formula is C17H23N3O3. The Kier molecular flexibility index (Phi) is 5.39. The average Bonchev–Trinajstić information content (AvgIpc) is 3.00. The highest BCUT2D eigenvalue weighted by molar-refractivity contribution is 5.77. The van der Waals surface area contributed by atoms with E-state index in [0.29, 0.717) is 29.5 Å². The van der Waals surface area contributed by atoms with Gasteiger partial charge in [-0.2, -0.15) is 5.10 Å². The van der Waals surface area contributed by atoms with Gasteiger partial charge in [-0.3, -0.25) is 9.69 Å². The monoisotopic (exact) mass is 317 g/mol. The molecule has 1 atom stereocenters. The van der Waals surface area contributed by atoms with Crippen molar-refractivity contribution in [2.45, 2.75) is 19.9 Å². The summed E-state index contributed by atoms with van der Waals surface area (Å²) >= 11 is 0. The van der Waals surface area contributed by atoms with Crippen LogP contribution >= 0.6 is 0 Å². The van der Waals surface area contributed by atoms with E-state index in [4.69, 9.17) is 4.74 Å². The van der Waals surface area contributed by atoms with Gasteiger partial charge in [0.1, 0.15) is 11.8 Å². The molecule has 0 bridgehead atoms. The maximum absolute atomic E-state index is 11.9. The summed E-state index contributed by atoms with van der Waals surface area (Å²) in [6.07, 6.45) is 3.45. The van der Waals surface area contributed by atoms with Crippen LogP contribution in [0.25, 0.3) is 5.69 Å². The van der Waals surface area contributed by atoms with E-state index in [1.807, 2.05) is 18.0 Å². The van der Waals surface area contributed by atoms with Gasteiger partial charge in [0, 0.05) is 30.6 Å². The Hall–Kier alpha value is -2.34. The molecule has 124 valence electrons. The maximum atomic E-state index is 11.9. The van der Waals surface area contributed by atoms with Crippen molar-refractivity contribution in [2.24, 2.45) is 5.92 Å². The molecule has 0 aliphatic carbocycles. The van der Waals surface area contributed by atoms with Crippen LogP contribution in [0, 0.1) is 5.92 Å². The van der Waals surface area contributed by atoms with Crippen LogP contribution in [-0.2, 0) is 4.79 Å². The minimum Gasteiger partial charge on any atom is -0.497 e. The van der Waals surface area contributed by atoms with E-state index >= 15 is 0 Å². The first-order valence-electron chi connectivity index (χ1n) is 7.55. The number of carboxylic acid groups (broad SMARTS) is 1. The number of likely N-dealkylation sites (N-methyl/N-ethyl adjacent to an activating group) is 1. The summed E-state index contributed by atoms with van der Waals surface area (Å²) in [4.78, 5) is 13.7. The summed E-state index contributed by atoms with van der Waals surface area (Å²) < 4.78 is 6.93. The molecule has 0 fully saturated rings. The van der Waals surface area contributed by atoms with Crippen molar-refractivity contribution in [1.82, 2.24) is 14.7 Å². The van der Waals surface area contributed by atoms with Crippen LogP contribution in [0.4, 0.5) is 0 Å². The first-order valence-corrected chi connectivity index (χ1v) is 7.55. The van der Waals surface area contributed by atoms with Gasteiger partial charge >= 0.3 is 5.97 Å². The highest BCUT2D eigenvalue weighted by Crippen LogP contribution is 2.29. The smallest absolute Gasteiger partial charge is 0.325 e. The van der Waals surface area contributed by atoms with Crippen molar-refractivity contribution in [3.05, 3.63) is 42.2 Å². The Morgan fingerprint density at radius 3 is 2.70 bits per heavy atom. The molecule has 0 radical (unpaired) electrons. The summed E-state index contributed by atoms with van der Waals surface area (Å²) in [5.74, 6) is 0.148. The second-order valence-corrected chi connectivity index (χ2v) is 5.95. The molecule has 6 heteroatoms. The SMILES string of the molecule is COc1ccc(C(C(=O)O)N(C)CC(C)C)c(-n2cccn2)c1. The third kappa shape index (κ3) is 3.90. The third-order valence-electron chi connectivity index (χ3n) is 3.61. The number of carboxylic acids is 1. The Bertz CT molecular complexity index is 653. The molecule has 1 unspecified atom stereocenters. The molecule has 6 nitrogen and oxygen atoms in total. The van der Waals surface area contributed by atoms with Crippen LogP contribution < -0.4 is 4.74 Å². The number of methoxy groups -OCH3 is 1. The lowest BCUT2D eigenvalue weighted by Crippen LogP contribution is -2.34. The quantitative estimate of drug-likeness (QED) is 0.850. The van der Waals surface area contributed by atoms with Gasteiger partial charge in [0.25, 0.3) is 0 Å². The minimum atomic E-state index is -0.883. The molecule has 0 spiro atoms. The van der Waals surface area contributed by atoms with Gasteiger partial charge in [0.15, 0.2) is 0 Å². The summed E-state index contributed by atoms with van der Waals surface area (Å²) in [7, 11) is 3.41. The lowest BCUT2D eigenvalue weighted by molar-refractivity contribution is -0.143. The first-order chi connectivity index (χ1) is 10.9. The number of aliphatic carboxylic acids is 1. The van der Waals surface area contributed by atoms with Crippen molar-refractivity contribution in [1.29, 1.82) is 0 Å². The second kappa shape index (κ2) is 7.28. The number of ether oxygens (including phenoxy) is 1. The van der Waals surface area contributed by atoms with E-state index in [0.717, 1.165) is 0 Å². The molecule has 2 aromatic rings. The molecule has 0 amide bonds. The number of benzene rings is 1. The fourth-order valence-corrected chi connectivity index (χ4v) is 2.73. The van der Waals surface area contributed by atoms with E-state index in [1.165, 1.54) is 0 Å². The van der Waals surface area contributed by atoms with Gasteiger partial charge in [-0.05, 0) is 25.1 Å². The number of hydrogen-bond acceptors (Lipinski definition) is 4. The molecule has 2 rings (SSSR count). The first kappa shape index (κ1) is 17.0. The van der Waals surface area contributed by atoms with E-state index in [1.54, 1.807) is 42.4 Å². The Morgan fingerprint density at radius 2 is 2.17 bits per heavy atom. The molecule has 23 heavy (non-hydrogen) atoms. The predicted molar refractivity (Wildman–Crippen MR) is 88.0 cm³/mol. The largest absolute Gasteiger partial charge is 0.497 e. The number of hydrogen-bond donors (Lipinski definition) is 1. The summed E-state index contributed by atoms with van der Waals surface area (Å²) in [5.41, 5.74) is 1.39. The Balaban J connectivity index is 2.52. The number of aromatic nitrogens is 2. The maximum Gasteiger partial charge on any atom is 0.325 e. The molecule has 1 aromatic heterocycles. The molecule has 1 heterocycles. The van der Waals surface area contributed by atoms with Crippen molar-refractivity contribution in [3.8, 4) is 11.4 Å². The molecule has 0 aliphatic heterocycles. The molecule has 1 N–H and O–H groups in total. The standard InChI is InChI=1S/C17H23N3O3/c1-12(2)11-19(3)16(17(21)22)14-7-6-13(23-4)10-15(14)20-9-5-8-18-20/h5-10,12,16H,11H2,1-4H3,(H,21,22). The van der Waals surface area contributed by atoms with E-state index < -0.39 is 12.0 Å². The van der Waals surface area contributed by atoms with Gasteiger partial charge in [-0.25, -0.2) is 4.68 Å². The Morgan fingerprint density at radius 1 is 1.43 bits per heavy atom. The number of nitrogens with zero attached hydrogens (tertiary/aromatic N) is 3. The summed E-state index contributed by atoms with van der Waals surface area (Å²) in [6, 6.07) is 6.44. The van der Waals surface area contributed by atoms with Gasteiger partial charge in [-0.1, -0.05) is 19.9 Å². The van der Waals surface area contributed by atoms with E-state index in [2.05, 4.69) is 18.9 Å². The third-order valence-corrected chi connectivity index (χ3v) is 3.61. The molecular weight excluding hydrogens is 294 g/mol. The average molecular weight is 317 g/mol. The lowest BCUT2D eigenvalue weighted by Gasteiger charge is -2.28. The second-order valence-electron chi connectivity index (χ2n) is 5.95. The Labute approximate surface area is 136 Å². The molecule has 1 aromatic carbocycles. The van der Waals surface area contributed by atoms with Crippen LogP contribution in [0.15, 0.2) is 36.7 Å². The van der Waals surface area contributed by atoms with Gasteiger partial charge in [0.2, 0.25) is 0 Å². The van der Waals surface area contributed by atoms with E-state index in [-0.39, 0.29) is 0 Å². The number of carbonyl (C=O) groups is 1. The van der Waals surface area contributed by atoms with Crippen molar-refractivity contribution in [2.75, 3.05) is 20.7 Å². The van der Waals surface area contributed by atoms with Crippen molar-refractivity contribution >= 4 is 5.97 Å². The van der Waals surface area contributed by atoms with Crippen LogP contribution in [0.3, 0.4) is 0 Å². The molecule has 0 saturated carbocycles. The highest BCUT2D eigenvalue weighted by atomic mass is 16.5. The van der Waals surface area contributed by atoms with Gasteiger partial charge in [0.05, 0.1) is 12.8 Å². The van der Waals surface area contributed by atoms with Crippen LogP contribution in [0.2, 0.25) is 0 Å². The van der Waals surface area contributed by atoms with Gasteiger partial charge in [-0.15, -0.1) is 0 Å². The van der Waals surface area contributed by atoms with Crippen molar-refractivity contribution < 1.29 is 14.6 Å². The topological polar surface area (TPSA) is 67.6 Å². The summed E-state index contributed by atoms with van der Waals surface area (Å²) in [5, 5.41) is 14.0. The number of rotatable bonds is 7. The van der Waals surface area contributed by atoms with E-state index in [9.17, 15) is 9.90 Å². The molecule has 0 saturated heterocycles. The van der Waals surface area contributed by atoms with Crippen molar-refractivity contribution in [3.63, 3.8) is 0 Å². The van der Waals surface area contributed by atoms with Crippen LogP contribution in [-0.4, -0.2) is 46.5 Å². The highest BCUT2D eigenvalue weighted by Gasteiger charge is 2.28. The fraction of sp³-hybridized carbons (Fsp3) is 0.412. The lowest BCUT2D eigenvalue weighted by atomic mass is 10.0. The zero-order valence-corrected chi connectivity index (χ0v) is 13.9.